The van der Waals surface area contributed by atoms with Crippen molar-refractivity contribution in [3.63, 3.8) is 0 Å². The Morgan fingerprint density at radius 1 is 1.79 bits per heavy atom. The van der Waals surface area contributed by atoms with Crippen molar-refractivity contribution >= 4 is 11.6 Å². The number of rotatable bonds is 1. The quantitative estimate of drug-likeness (QED) is 0.758. The Morgan fingerprint density at radius 2 is 2.71 bits per heavy atom. The van der Waals surface area contributed by atoms with E-state index in [9.17, 15) is 0 Å². The standard InChI is InChI=1S/C11H17N3/c1-9-4-3-7-14(8-9)11-6-2-5-10(12)13-11/h2,5-6,9H,3-4,7-8H2,1H3,(H2,12,13)/i1D3,3D2,4D2,7D2,8D2,9D. The van der Waals surface area contributed by atoms with Gasteiger partial charge in [0.25, 0.3) is 0 Å². The average Bonchev–Trinajstić information content (AvgIpc) is 2.42. The first-order valence-corrected chi connectivity index (χ1v) is 3.90. The summed E-state index contributed by atoms with van der Waals surface area (Å²) in [5, 5.41) is 0. The zero-order chi connectivity index (χ0) is 20.6. The van der Waals surface area contributed by atoms with Gasteiger partial charge in [-0.05, 0) is 30.8 Å². The van der Waals surface area contributed by atoms with Crippen LogP contribution in [0.3, 0.4) is 0 Å². The molecule has 0 aromatic carbocycles. The van der Waals surface area contributed by atoms with E-state index in [4.69, 9.17) is 22.2 Å². The summed E-state index contributed by atoms with van der Waals surface area (Å²) in [6.45, 7) is -10.5. The lowest BCUT2D eigenvalue weighted by Gasteiger charge is -2.31. The molecule has 1 fully saturated rings. The smallest absolute Gasteiger partial charge is 0.130 e. The van der Waals surface area contributed by atoms with Crippen molar-refractivity contribution in [3.05, 3.63) is 18.2 Å². The molecule has 14 heavy (non-hydrogen) atoms. The van der Waals surface area contributed by atoms with Gasteiger partial charge in [0.2, 0.25) is 0 Å². The van der Waals surface area contributed by atoms with Gasteiger partial charge in [0.15, 0.2) is 0 Å². The van der Waals surface area contributed by atoms with Crippen LogP contribution in [0.1, 0.15) is 36.0 Å². The maximum atomic E-state index is 8.22. The Kier molecular flexibility index (Phi) is 0.732. The summed E-state index contributed by atoms with van der Waals surface area (Å²) in [4.78, 5) is 3.77. The molecule has 1 atom stereocenters. The predicted molar refractivity (Wildman–Crippen MR) is 59.3 cm³/mol. The van der Waals surface area contributed by atoms with E-state index < -0.39 is 44.3 Å². The van der Waals surface area contributed by atoms with Crippen LogP contribution in [0.2, 0.25) is 0 Å². The fraction of sp³-hybridized carbons (Fsp3) is 0.545. The lowest BCUT2D eigenvalue weighted by Crippen LogP contribution is -2.34. The average molecular weight is 203 g/mol. The number of hydrogen-bond donors (Lipinski definition) is 1. The van der Waals surface area contributed by atoms with Crippen LogP contribution in [0.4, 0.5) is 11.6 Å². The normalized spacial score (nSPS) is 55.6. The summed E-state index contributed by atoms with van der Waals surface area (Å²) in [6, 6.07) is 3.64. The third-order valence-corrected chi connectivity index (χ3v) is 1.56. The van der Waals surface area contributed by atoms with E-state index in [0.717, 1.165) is 6.07 Å². The second-order valence-electron chi connectivity index (χ2n) is 2.60. The van der Waals surface area contributed by atoms with Crippen molar-refractivity contribution in [1.82, 2.24) is 4.98 Å². The first kappa shape index (κ1) is 2.65. The first-order valence-electron chi connectivity index (χ1n) is 9.90. The van der Waals surface area contributed by atoms with E-state index >= 15 is 0 Å². The molecule has 0 spiro atoms. The molecule has 1 unspecified atom stereocenters. The molecule has 2 heterocycles. The fourth-order valence-corrected chi connectivity index (χ4v) is 0.993. The van der Waals surface area contributed by atoms with Gasteiger partial charge in [0, 0.05) is 29.4 Å². The van der Waals surface area contributed by atoms with Gasteiger partial charge in [-0.3, -0.25) is 0 Å². The van der Waals surface area contributed by atoms with Gasteiger partial charge in [-0.15, -0.1) is 0 Å². The number of aromatic nitrogens is 1. The van der Waals surface area contributed by atoms with Crippen LogP contribution in [-0.2, 0) is 0 Å². The summed E-state index contributed by atoms with van der Waals surface area (Å²) in [5.74, 6) is -4.41. The zero-order valence-electron chi connectivity index (χ0n) is 19.2. The number of nitrogens with two attached hydrogens (primary N) is 1. The van der Waals surface area contributed by atoms with E-state index in [-0.39, 0.29) is 10.7 Å². The van der Waals surface area contributed by atoms with Crippen LogP contribution in [0, 0.1) is 5.89 Å². The molecule has 2 N–H and O–H groups in total. The van der Waals surface area contributed by atoms with Crippen molar-refractivity contribution in [1.29, 1.82) is 0 Å². The van der Waals surface area contributed by atoms with Crippen LogP contribution in [0.5, 0.6) is 0 Å². The van der Waals surface area contributed by atoms with Crippen LogP contribution in [-0.4, -0.2) is 18.0 Å². The summed E-state index contributed by atoms with van der Waals surface area (Å²) in [7, 11) is 0. The molecule has 1 aliphatic rings. The Bertz CT molecular complexity index is 715. The van der Waals surface area contributed by atoms with Crippen molar-refractivity contribution in [2.24, 2.45) is 5.89 Å². The molecule has 3 heteroatoms. The van der Waals surface area contributed by atoms with E-state index in [1.807, 2.05) is 0 Å². The van der Waals surface area contributed by atoms with Gasteiger partial charge in [-0.1, -0.05) is 12.9 Å². The monoisotopic (exact) mass is 203 g/mol. The van der Waals surface area contributed by atoms with E-state index in [0.29, 0.717) is 0 Å². The van der Waals surface area contributed by atoms with Crippen LogP contribution in [0.15, 0.2) is 18.2 Å². The summed E-state index contributed by atoms with van der Waals surface area (Å²) >= 11 is 0. The van der Waals surface area contributed by atoms with Crippen LogP contribution >= 0.6 is 0 Å². The SMILES string of the molecule is [2H]C([2H])([2H])C1([2H])C([2H])([2H])N(c2cccc(N)n2)C([2H])([2H])C([2H])([2H])C1([2H])[2H]. The minimum atomic E-state index is -3.73. The van der Waals surface area contributed by atoms with E-state index in [2.05, 4.69) is 4.98 Å². The molecule has 1 aliphatic heterocycles. The molecule has 3 nitrogen and oxygen atoms in total. The Morgan fingerprint density at radius 3 is 3.50 bits per heavy atom. The lowest BCUT2D eigenvalue weighted by atomic mass is 10.0. The highest BCUT2D eigenvalue weighted by molar-refractivity contribution is 5.45. The second kappa shape index (κ2) is 3.86. The van der Waals surface area contributed by atoms with E-state index in [1.54, 1.807) is 0 Å². The zero-order valence-corrected chi connectivity index (χ0v) is 7.20. The molecule has 1 aromatic rings. The molecule has 1 aromatic heterocycles. The van der Waals surface area contributed by atoms with Gasteiger partial charge in [-0.25, -0.2) is 4.98 Å². The minimum Gasteiger partial charge on any atom is -0.384 e. The number of hydrogen-bond acceptors (Lipinski definition) is 3. The molecule has 0 amide bonds. The van der Waals surface area contributed by atoms with Gasteiger partial charge in [-0.2, -0.15) is 0 Å². The van der Waals surface area contributed by atoms with E-state index in [1.165, 1.54) is 12.1 Å². The molecule has 2 rings (SSSR count). The number of nitrogens with zero attached hydrogens (tertiary/aromatic N) is 2. The van der Waals surface area contributed by atoms with Crippen LogP contribution in [0.25, 0.3) is 0 Å². The van der Waals surface area contributed by atoms with Crippen LogP contribution < -0.4 is 10.6 Å². The largest absolute Gasteiger partial charge is 0.384 e. The molecule has 1 saturated heterocycles. The van der Waals surface area contributed by atoms with Crippen molar-refractivity contribution in [2.45, 2.75) is 19.6 Å². The van der Waals surface area contributed by atoms with Gasteiger partial charge < -0.3 is 10.6 Å². The third kappa shape index (κ3) is 1.97. The highest BCUT2D eigenvalue weighted by Gasteiger charge is 2.17. The number of anilines is 2. The van der Waals surface area contributed by atoms with Crippen molar-refractivity contribution in [2.75, 3.05) is 23.6 Å². The summed E-state index contributed by atoms with van der Waals surface area (Å²) in [6.07, 6.45) is -7.32. The maximum Gasteiger partial charge on any atom is 0.130 e. The molecule has 76 valence electrons. The highest BCUT2D eigenvalue weighted by atomic mass is 15.2. The topological polar surface area (TPSA) is 42.1 Å². The number of nitrogen functional groups attached to an aromatic ring is 1. The molecular weight excluding hydrogens is 174 g/mol. The summed E-state index contributed by atoms with van der Waals surface area (Å²) < 4.78 is 95.2. The molecular formula is C11H17N3. The van der Waals surface area contributed by atoms with Crippen molar-refractivity contribution in [3.8, 4) is 0 Å². The maximum absolute atomic E-state index is 8.22. The highest BCUT2D eigenvalue weighted by Crippen LogP contribution is 2.21. The Balaban J connectivity index is 2.93. The molecule has 0 radical (unpaired) electrons. The number of pyridine rings is 1. The third-order valence-electron chi connectivity index (χ3n) is 1.56. The minimum absolute atomic E-state index is 0.0526. The predicted octanol–water partition coefficient (Wildman–Crippen LogP) is 1.90. The number of piperidine rings is 1. The van der Waals surface area contributed by atoms with Crippen molar-refractivity contribution < 1.29 is 16.4 Å². The van der Waals surface area contributed by atoms with Gasteiger partial charge in [0.05, 0.1) is 0 Å². The fourth-order valence-electron chi connectivity index (χ4n) is 0.993. The molecule has 0 aliphatic carbocycles. The Labute approximate surface area is 102 Å². The Hall–Kier alpha value is -1.25. The molecule has 0 saturated carbocycles. The first-order chi connectivity index (χ1) is 11.4. The summed E-state index contributed by atoms with van der Waals surface area (Å²) in [5.41, 5.74) is 5.51. The lowest BCUT2D eigenvalue weighted by molar-refractivity contribution is 0.444. The molecule has 0 bridgehead atoms. The van der Waals surface area contributed by atoms with Gasteiger partial charge >= 0.3 is 0 Å². The van der Waals surface area contributed by atoms with Gasteiger partial charge in [0.1, 0.15) is 11.6 Å². The second-order valence-corrected chi connectivity index (χ2v) is 2.60.